The summed E-state index contributed by atoms with van der Waals surface area (Å²) in [4.78, 5) is 0. The maximum Gasteiger partial charge on any atom is 0.160 e. The van der Waals surface area contributed by atoms with E-state index in [9.17, 15) is 5.11 Å². The molecule has 0 aromatic heterocycles. The highest BCUT2D eigenvalue weighted by molar-refractivity contribution is 5.41. The third-order valence-corrected chi connectivity index (χ3v) is 3.31. The second-order valence-corrected chi connectivity index (χ2v) is 5.13. The molecule has 1 aromatic carbocycles. The molecule has 16 heavy (non-hydrogen) atoms. The van der Waals surface area contributed by atoms with E-state index < -0.39 is 0 Å². The van der Waals surface area contributed by atoms with Gasteiger partial charge in [0, 0.05) is 12.6 Å². The number of phenols is 1. The van der Waals surface area contributed by atoms with Crippen LogP contribution < -0.4 is 10.1 Å². The standard InChI is InChI=1S/C13H19NO2/c1-13(2)7-12(13)14-8-9-4-5-10(15)11(6-9)16-3/h4-6,12,14-15H,7-8H2,1-3H3. The van der Waals surface area contributed by atoms with Crippen molar-refractivity contribution in [3.8, 4) is 11.5 Å². The van der Waals surface area contributed by atoms with Crippen molar-refractivity contribution in [3.05, 3.63) is 23.8 Å². The molecule has 1 atom stereocenters. The topological polar surface area (TPSA) is 41.5 Å². The number of hydrogen-bond acceptors (Lipinski definition) is 3. The van der Waals surface area contributed by atoms with Crippen molar-refractivity contribution in [2.24, 2.45) is 5.41 Å². The van der Waals surface area contributed by atoms with Crippen molar-refractivity contribution in [2.45, 2.75) is 32.9 Å². The Labute approximate surface area is 96.4 Å². The third-order valence-electron chi connectivity index (χ3n) is 3.31. The molecule has 0 heterocycles. The normalized spacial score (nSPS) is 21.8. The predicted molar refractivity (Wildman–Crippen MR) is 63.7 cm³/mol. The van der Waals surface area contributed by atoms with Gasteiger partial charge in [0.15, 0.2) is 11.5 Å². The van der Waals surface area contributed by atoms with Gasteiger partial charge in [0.2, 0.25) is 0 Å². The Morgan fingerprint density at radius 3 is 2.75 bits per heavy atom. The minimum Gasteiger partial charge on any atom is -0.504 e. The molecule has 2 rings (SSSR count). The molecule has 1 unspecified atom stereocenters. The predicted octanol–water partition coefficient (Wildman–Crippen LogP) is 2.29. The lowest BCUT2D eigenvalue weighted by Crippen LogP contribution is -2.19. The molecule has 1 aliphatic rings. The van der Waals surface area contributed by atoms with Gasteiger partial charge >= 0.3 is 0 Å². The molecule has 1 aromatic rings. The number of hydrogen-bond donors (Lipinski definition) is 2. The molecule has 0 radical (unpaired) electrons. The largest absolute Gasteiger partial charge is 0.504 e. The van der Waals surface area contributed by atoms with E-state index in [0.29, 0.717) is 17.2 Å². The highest BCUT2D eigenvalue weighted by atomic mass is 16.5. The van der Waals surface area contributed by atoms with Crippen molar-refractivity contribution in [1.82, 2.24) is 5.32 Å². The quantitative estimate of drug-likeness (QED) is 0.819. The van der Waals surface area contributed by atoms with Gasteiger partial charge in [-0.05, 0) is 29.5 Å². The fraction of sp³-hybridized carbons (Fsp3) is 0.538. The van der Waals surface area contributed by atoms with Crippen LogP contribution in [0.2, 0.25) is 0 Å². The summed E-state index contributed by atoms with van der Waals surface area (Å²) >= 11 is 0. The van der Waals surface area contributed by atoms with Crippen LogP contribution in [0.1, 0.15) is 25.8 Å². The number of benzene rings is 1. The molecule has 2 N–H and O–H groups in total. The Bertz CT molecular complexity index is 388. The molecular weight excluding hydrogens is 202 g/mol. The Morgan fingerprint density at radius 1 is 1.50 bits per heavy atom. The van der Waals surface area contributed by atoms with Gasteiger partial charge in [0.1, 0.15) is 0 Å². The summed E-state index contributed by atoms with van der Waals surface area (Å²) in [5.74, 6) is 0.729. The van der Waals surface area contributed by atoms with Gasteiger partial charge in [-0.3, -0.25) is 0 Å². The van der Waals surface area contributed by atoms with E-state index in [1.165, 1.54) is 6.42 Å². The van der Waals surface area contributed by atoms with Crippen LogP contribution in [0.15, 0.2) is 18.2 Å². The Kier molecular flexibility index (Phi) is 2.80. The number of methoxy groups -OCH3 is 1. The van der Waals surface area contributed by atoms with Crippen LogP contribution in [0.4, 0.5) is 0 Å². The summed E-state index contributed by atoms with van der Waals surface area (Å²) in [5.41, 5.74) is 1.58. The molecule has 1 saturated carbocycles. The van der Waals surface area contributed by atoms with E-state index in [1.54, 1.807) is 13.2 Å². The average molecular weight is 221 g/mol. The molecule has 0 saturated heterocycles. The Hall–Kier alpha value is -1.22. The van der Waals surface area contributed by atoms with Crippen molar-refractivity contribution in [1.29, 1.82) is 0 Å². The fourth-order valence-corrected chi connectivity index (χ4v) is 1.89. The zero-order chi connectivity index (χ0) is 11.8. The molecule has 0 bridgehead atoms. The zero-order valence-corrected chi connectivity index (χ0v) is 10.1. The summed E-state index contributed by atoms with van der Waals surface area (Å²) < 4.78 is 5.07. The molecular formula is C13H19NO2. The smallest absolute Gasteiger partial charge is 0.160 e. The Morgan fingerprint density at radius 2 is 2.19 bits per heavy atom. The molecule has 0 aliphatic heterocycles. The number of ether oxygens (including phenoxy) is 1. The van der Waals surface area contributed by atoms with Gasteiger partial charge in [0.25, 0.3) is 0 Å². The number of nitrogens with one attached hydrogen (secondary N) is 1. The van der Waals surface area contributed by atoms with Gasteiger partial charge in [-0.15, -0.1) is 0 Å². The first-order chi connectivity index (χ1) is 7.53. The summed E-state index contributed by atoms with van der Waals surface area (Å²) in [7, 11) is 1.57. The molecule has 0 spiro atoms. The molecule has 3 heteroatoms. The van der Waals surface area contributed by atoms with Crippen LogP contribution in [0.5, 0.6) is 11.5 Å². The van der Waals surface area contributed by atoms with Crippen molar-refractivity contribution < 1.29 is 9.84 Å². The average Bonchev–Trinajstić information content (AvgIpc) is 2.85. The number of phenolic OH excluding ortho intramolecular Hbond substituents is 1. The van der Waals surface area contributed by atoms with E-state index in [4.69, 9.17) is 4.74 Å². The van der Waals surface area contributed by atoms with E-state index >= 15 is 0 Å². The molecule has 1 aliphatic carbocycles. The lowest BCUT2D eigenvalue weighted by Gasteiger charge is -2.09. The van der Waals surface area contributed by atoms with E-state index in [0.717, 1.165) is 12.1 Å². The van der Waals surface area contributed by atoms with Crippen LogP contribution >= 0.6 is 0 Å². The summed E-state index contributed by atoms with van der Waals surface area (Å²) in [6.45, 7) is 5.36. The van der Waals surface area contributed by atoms with Gasteiger partial charge < -0.3 is 15.2 Å². The highest BCUT2D eigenvalue weighted by Crippen LogP contribution is 2.44. The monoisotopic (exact) mass is 221 g/mol. The Balaban J connectivity index is 1.95. The minimum absolute atomic E-state index is 0.193. The third kappa shape index (κ3) is 2.30. The zero-order valence-electron chi connectivity index (χ0n) is 10.1. The van der Waals surface area contributed by atoms with Gasteiger partial charge in [0.05, 0.1) is 7.11 Å². The van der Waals surface area contributed by atoms with Crippen molar-refractivity contribution >= 4 is 0 Å². The number of rotatable bonds is 4. The molecule has 0 amide bonds. The first-order valence-electron chi connectivity index (χ1n) is 5.62. The van der Waals surface area contributed by atoms with Crippen molar-refractivity contribution in [2.75, 3.05) is 7.11 Å². The molecule has 3 nitrogen and oxygen atoms in total. The van der Waals surface area contributed by atoms with Gasteiger partial charge in [-0.25, -0.2) is 0 Å². The number of aromatic hydroxyl groups is 1. The first kappa shape index (κ1) is 11.3. The van der Waals surface area contributed by atoms with Gasteiger partial charge in [-0.1, -0.05) is 19.9 Å². The summed E-state index contributed by atoms with van der Waals surface area (Å²) in [6.07, 6.45) is 1.24. The van der Waals surface area contributed by atoms with Gasteiger partial charge in [-0.2, -0.15) is 0 Å². The maximum atomic E-state index is 9.46. The van der Waals surface area contributed by atoms with Crippen molar-refractivity contribution in [3.63, 3.8) is 0 Å². The molecule has 1 fully saturated rings. The summed E-state index contributed by atoms with van der Waals surface area (Å²) in [6, 6.07) is 6.08. The van der Waals surface area contributed by atoms with Crippen LogP contribution in [0, 0.1) is 5.41 Å². The van der Waals surface area contributed by atoms with Crippen LogP contribution in [0.3, 0.4) is 0 Å². The first-order valence-corrected chi connectivity index (χ1v) is 5.62. The second-order valence-electron chi connectivity index (χ2n) is 5.13. The minimum atomic E-state index is 0.193. The van der Waals surface area contributed by atoms with Crippen LogP contribution in [-0.2, 0) is 6.54 Å². The molecule has 88 valence electrons. The summed E-state index contributed by atoms with van der Waals surface area (Å²) in [5, 5.41) is 13.0. The lowest BCUT2D eigenvalue weighted by atomic mass is 10.1. The van der Waals surface area contributed by atoms with E-state index in [-0.39, 0.29) is 5.75 Å². The maximum absolute atomic E-state index is 9.46. The van der Waals surface area contributed by atoms with E-state index in [1.807, 2.05) is 12.1 Å². The second kappa shape index (κ2) is 3.98. The van der Waals surface area contributed by atoms with E-state index in [2.05, 4.69) is 19.2 Å². The highest BCUT2D eigenvalue weighted by Gasteiger charge is 2.44. The van der Waals surface area contributed by atoms with Crippen LogP contribution in [0.25, 0.3) is 0 Å². The van der Waals surface area contributed by atoms with Crippen LogP contribution in [-0.4, -0.2) is 18.3 Å². The fourth-order valence-electron chi connectivity index (χ4n) is 1.89. The SMILES string of the molecule is COc1cc(CNC2CC2(C)C)ccc1O. The lowest BCUT2D eigenvalue weighted by molar-refractivity contribution is 0.372.